The van der Waals surface area contributed by atoms with E-state index in [1.807, 2.05) is 30.3 Å². The third-order valence-corrected chi connectivity index (χ3v) is 3.94. The third kappa shape index (κ3) is 7.82. The van der Waals surface area contributed by atoms with E-state index in [0.29, 0.717) is 0 Å². The number of alkyl carbamates (subject to hydrolysis) is 1. The summed E-state index contributed by atoms with van der Waals surface area (Å²) in [4.78, 5) is 37.1. The standard InChI is InChI=1S/C21H30N2O5/c1-7-14(2)17(19(25)27-6)23-18(24)16(13-15-11-9-8-10-12-15)22-20(26)28-21(3,4)5/h7-12,14,16-17H,1,13H2,2-6H3,(H,22,26)(H,23,24)/t14-,16+,17+/m0/s1. The zero-order valence-corrected chi connectivity index (χ0v) is 17.2. The number of carbonyl (C=O) groups excluding carboxylic acids is 3. The summed E-state index contributed by atoms with van der Waals surface area (Å²) >= 11 is 0. The molecule has 0 spiro atoms. The van der Waals surface area contributed by atoms with Crippen molar-refractivity contribution in [3.05, 3.63) is 48.6 Å². The summed E-state index contributed by atoms with van der Waals surface area (Å²) in [5, 5.41) is 5.24. The predicted molar refractivity (Wildman–Crippen MR) is 107 cm³/mol. The summed E-state index contributed by atoms with van der Waals surface area (Å²) in [7, 11) is 1.25. The van der Waals surface area contributed by atoms with Gasteiger partial charge in [0.05, 0.1) is 7.11 Å². The van der Waals surface area contributed by atoms with E-state index < -0.39 is 35.7 Å². The maximum atomic E-state index is 12.9. The predicted octanol–water partition coefficient (Wildman–Crippen LogP) is 2.60. The van der Waals surface area contributed by atoms with E-state index in [1.54, 1.807) is 33.8 Å². The van der Waals surface area contributed by atoms with Crippen LogP contribution in [0.2, 0.25) is 0 Å². The molecule has 2 amide bonds. The van der Waals surface area contributed by atoms with Gasteiger partial charge in [0.1, 0.15) is 17.7 Å². The maximum Gasteiger partial charge on any atom is 0.408 e. The van der Waals surface area contributed by atoms with E-state index in [9.17, 15) is 14.4 Å². The van der Waals surface area contributed by atoms with Crippen LogP contribution in [0.5, 0.6) is 0 Å². The van der Waals surface area contributed by atoms with Crippen molar-refractivity contribution in [3.63, 3.8) is 0 Å². The summed E-state index contributed by atoms with van der Waals surface area (Å²) < 4.78 is 10.0. The molecule has 0 heterocycles. The SMILES string of the molecule is C=C[C@H](C)[C@@H](NC(=O)[C@@H](Cc1ccccc1)NC(=O)OC(C)(C)C)C(=O)OC. The van der Waals surface area contributed by atoms with E-state index in [4.69, 9.17) is 9.47 Å². The molecule has 0 aliphatic heterocycles. The molecule has 3 atom stereocenters. The van der Waals surface area contributed by atoms with Crippen LogP contribution in [0, 0.1) is 5.92 Å². The lowest BCUT2D eigenvalue weighted by Gasteiger charge is -2.26. The van der Waals surface area contributed by atoms with Crippen LogP contribution in [0.4, 0.5) is 4.79 Å². The lowest BCUT2D eigenvalue weighted by atomic mass is 10.0. The van der Waals surface area contributed by atoms with Crippen LogP contribution in [-0.2, 0) is 25.5 Å². The molecule has 0 aliphatic rings. The maximum absolute atomic E-state index is 12.9. The molecule has 0 unspecified atom stereocenters. The average Bonchev–Trinajstić information content (AvgIpc) is 2.63. The van der Waals surface area contributed by atoms with Gasteiger partial charge in [0.15, 0.2) is 0 Å². The Morgan fingerprint density at radius 2 is 1.75 bits per heavy atom. The molecule has 0 aliphatic carbocycles. The van der Waals surface area contributed by atoms with Crippen molar-refractivity contribution in [2.24, 2.45) is 5.92 Å². The number of hydrogen-bond acceptors (Lipinski definition) is 5. The smallest absolute Gasteiger partial charge is 0.408 e. The van der Waals surface area contributed by atoms with Crippen LogP contribution in [-0.4, -0.2) is 42.8 Å². The van der Waals surface area contributed by atoms with Gasteiger partial charge in [-0.3, -0.25) is 4.79 Å². The molecule has 1 aromatic carbocycles. The Bertz CT molecular complexity index is 682. The molecule has 7 nitrogen and oxygen atoms in total. The lowest BCUT2D eigenvalue weighted by Crippen LogP contribution is -2.54. The number of benzene rings is 1. The molecule has 7 heteroatoms. The first kappa shape index (κ1) is 23.2. The lowest BCUT2D eigenvalue weighted by molar-refractivity contribution is -0.146. The van der Waals surface area contributed by atoms with E-state index in [-0.39, 0.29) is 12.3 Å². The van der Waals surface area contributed by atoms with Crippen molar-refractivity contribution < 1.29 is 23.9 Å². The van der Waals surface area contributed by atoms with Crippen LogP contribution in [0.15, 0.2) is 43.0 Å². The number of rotatable bonds is 8. The van der Waals surface area contributed by atoms with E-state index >= 15 is 0 Å². The molecule has 0 radical (unpaired) electrons. The Kier molecular flexibility index (Phi) is 8.70. The fraction of sp³-hybridized carbons (Fsp3) is 0.476. The van der Waals surface area contributed by atoms with Gasteiger partial charge in [-0.15, -0.1) is 6.58 Å². The van der Waals surface area contributed by atoms with E-state index in [2.05, 4.69) is 17.2 Å². The minimum absolute atomic E-state index is 0.238. The van der Waals surface area contributed by atoms with E-state index in [1.165, 1.54) is 7.11 Å². The Hall–Kier alpha value is -2.83. The highest BCUT2D eigenvalue weighted by Gasteiger charge is 2.31. The van der Waals surface area contributed by atoms with Crippen molar-refractivity contribution in [1.82, 2.24) is 10.6 Å². The number of ether oxygens (including phenoxy) is 2. The fourth-order valence-corrected chi connectivity index (χ4v) is 2.43. The van der Waals surface area contributed by atoms with Crippen LogP contribution < -0.4 is 10.6 Å². The minimum atomic E-state index is -0.929. The topological polar surface area (TPSA) is 93.7 Å². The summed E-state index contributed by atoms with van der Waals surface area (Å²) in [6.45, 7) is 10.6. The summed E-state index contributed by atoms with van der Waals surface area (Å²) in [6.07, 6.45) is 1.08. The molecule has 2 N–H and O–H groups in total. The second-order valence-corrected chi connectivity index (χ2v) is 7.49. The monoisotopic (exact) mass is 390 g/mol. The van der Waals surface area contributed by atoms with Crippen LogP contribution >= 0.6 is 0 Å². The van der Waals surface area contributed by atoms with Gasteiger partial charge in [-0.2, -0.15) is 0 Å². The molecule has 1 rings (SSSR count). The van der Waals surface area contributed by atoms with Crippen molar-refractivity contribution in [3.8, 4) is 0 Å². The van der Waals surface area contributed by atoms with Crippen LogP contribution in [0.1, 0.15) is 33.3 Å². The zero-order chi connectivity index (χ0) is 21.3. The first-order valence-corrected chi connectivity index (χ1v) is 9.11. The molecule has 28 heavy (non-hydrogen) atoms. The Balaban J connectivity index is 3.00. The molecule has 0 bridgehead atoms. The van der Waals surface area contributed by atoms with Gasteiger partial charge in [0.2, 0.25) is 5.91 Å². The highest BCUT2D eigenvalue weighted by Crippen LogP contribution is 2.11. The van der Waals surface area contributed by atoms with Gasteiger partial charge >= 0.3 is 12.1 Å². The summed E-state index contributed by atoms with van der Waals surface area (Å²) in [6, 6.07) is 7.40. The van der Waals surface area contributed by atoms with Gasteiger partial charge in [-0.05, 0) is 26.3 Å². The van der Waals surface area contributed by atoms with Gasteiger partial charge in [-0.1, -0.05) is 43.3 Å². The van der Waals surface area contributed by atoms with Crippen molar-refractivity contribution in [2.45, 2.75) is 51.8 Å². The molecule has 0 saturated heterocycles. The number of nitrogens with one attached hydrogen (secondary N) is 2. The second-order valence-electron chi connectivity index (χ2n) is 7.49. The van der Waals surface area contributed by atoms with Crippen molar-refractivity contribution >= 4 is 18.0 Å². The van der Waals surface area contributed by atoms with E-state index in [0.717, 1.165) is 5.56 Å². The quantitative estimate of drug-likeness (QED) is 0.526. The largest absolute Gasteiger partial charge is 0.467 e. The fourth-order valence-electron chi connectivity index (χ4n) is 2.43. The normalized spacial score (nSPS) is 14.2. The molecule has 154 valence electrons. The zero-order valence-electron chi connectivity index (χ0n) is 17.2. The van der Waals surface area contributed by atoms with Crippen LogP contribution in [0.25, 0.3) is 0 Å². The van der Waals surface area contributed by atoms with Gasteiger partial charge in [0, 0.05) is 12.3 Å². The van der Waals surface area contributed by atoms with Gasteiger partial charge in [0.25, 0.3) is 0 Å². The second kappa shape index (κ2) is 10.5. The Labute approximate surface area is 166 Å². The Morgan fingerprint density at radius 1 is 1.14 bits per heavy atom. The Morgan fingerprint density at radius 3 is 2.25 bits per heavy atom. The van der Waals surface area contributed by atoms with Crippen molar-refractivity contribution in [2.75, 3.05) is 7.11 Å². The molecule has 0 aromatic heterocycles. The molecule has 1 aromatic rings. The third-order valence-electron chi connectivity index (χ3n) is 3.94. The number of carbonyl (C=O) groups is 3. The molecular weight excluding hydrogens is 360 g/mol. The molecule has 0 fully saturated rings. The number of amides is 2. The summed E-state index contributed by atoms with van der Waals surface area (Å²) in [5.74, 6) is -1.45. The number of methoxy groups -OCH3 is 1. The van der Waals surface area contributed by atoms with Gasteiger partial charge in [-0.25, -0.2) is 9.59 Å². The minimum Gasteiger partial charge on any atom is -0.467 e. The number of hydrogen-bond donors (Lipinski definition) is 2. The molecular formula is C21H30N2O5. The van der Waals surface area contributed by atoms with Gasteiger partial charge < -0.3 is 20.1 Å². The molecule has 0 saturated carbocycles. The first-order valence-electron chi connectivity index (χ1n) is 9.11. The van der Waals surface area contributed by atoms with Crippen molar-refractivity contribution in [1.29, 1.82) is 0 Å². The number of esters is 1. The first-order chi connectivity index (χ1) is 13.1. The highest BCUT2D eigenvalue weighted by atomic mass is 16.6. The average molecular weight is 390 g/mol. The highest BCUT2D eigenvalue weighted by molar-refractivity contribution is 5.90. The van der Waals surface area contributed by atoms with Crippen LogP contribution in [0.3, 0.4) is 0 Å². The summed E-state index contributed by atoms with van der Waals surface area (Å²) in [5.41, 5.74) is 0.147.